The van der Waals surface area contributed by atoms with Crippen LogP contribution in [-0.4, -0.2) is 68.6 Å². The highest BCUT2D eigenvalue weighted by molar-refractivity contribution is 7.13. The van der Waals surface area contributed by atoms with Crippen molar-refractivity contribution >= 4 is 22.4 Å². The molecule has 0 aliphatic carbocycles. The lowest BCUT2D eigenvalue weighted by Crippen LogP contribution is -2.49. The number of likely N-dealkylation sites (tertiary alicyclic amines) is 1. The Morgan fingerprint density at radius 3 is 2.72 bits per heavy atom. The molecule has 9 heteroatoms. The fourth-order valence-electron chi connectivity index (χ4n) is 2.70. The van der Waals surface area contributed by atoms with E-state index >= 15 is 0 Å². The number of hydrogen-bond acceptors (Lipinski definition) is 5. The Kier molecular flexibility index (Phi) is 7.83. The van der Waals surface area contributed by atoms with Crippen LogP contribution in [0.4, 0.5) is 13.9 Å². The quantitative estimate of drug-likeness (QED) is 0.565. The van der Waals surface area contributed by atoms with E-state index in [4.69, 9.17) is 0 Å². The number of piperidine rings is 1. The molecule has 0 unspecified atom stereocenters. The maximum Gasteiger partial charge on any atom is 0.251 e. The van der Waals surface area contributed by atoms with Crippen molar-refractivity contribution < 1.29 is 8.78 Å². The predicted octanol–water partition coefficient (Wildman–Crippen LogP) is 1.99. The smallest absolute Gasteiger partial charge is 0.251 e. The van der Waals surface area contributed by atoms with Gasteiger partial charge in [-0.25, -0.2) is 18.8 Å². The van der Waals surface area contributed by atoms with E-state index in [1.165, 1.54) is 0 Å². The minimum absolute atomic E-state index is 0.126. The maximum atomic E-state index is 12.4. The minimum atomic E-state index is -2.26. The van der Waals surface area contributed by atoms with Gasteiger partial charge in [0.1, 0.15) is 0 Å². The lowest BCUT2D eigenvalue weighted by Gasteiger charge is -2.32. The van der Waals surface area contributed by atoms with Gasteiger partial charge in [-0.3, -0.25) is 4.90 Å². The lowest BCUT2D eigenvalue weighted by molar-refractivity contribution is 0.0744. The minimum Gasteiger partial charge on any atom is -0.357 e. The van der Waals surface area contributed by atoms with Crippen molar-refractivity contribution in [1.29, 1.82) is 0 Å². The molecule has 1 aliphatic rings. The molecule has 1 aliphatic heterocycles. The Morgan fingerprint density at radius 1 is 1.44 bits per heavy atom. The van der Waals surface area contributed by atoms with Gasteiger partial charge < -0.3 is 15.5 Å². The third kappa shape index (κ3) is 6.74. The van der Waals surface area contributed by atoms with E-state index in [-0.39, 0.29) is 12.6 Å². The van der Waals surface area contributed by atoms with E-state index in [2.05, 4.69) is 20.6 Å². The summed E-state index contributed by atoms with van der Waals surface area (Å²) in [6, 6.07) is 0.263. The van der Waals surface area contributed by atoms with Gasteiger partial charge in [0.2, 0.25) is 0 Å². The van der Waals surface area contributed by atoms with Crippen molar-refractivity contribution in [3.63, 3.8) is 0 Å². The lowest BCUT2D eigenvalue weighted by atomic mass is 10.1. The molecule has 0 atom stereocenters. The highest BCUT2D eigenvalue weighted by atomic mass is 32.1. The molecule has 1 fully saturated rings. The molecular weight excluding hydrogens is 346 g/mol. The molecule has 142 valence electrons. The summed E-state index contributed by atoms with van der Waals surface area (Å²) in [6.07, 6.45) is -0.564. The molecule has 1 aromatic rings. The van der Waals surface area contributed by atoms with Crippen LogP contribution in [0.2, 0.25) is 0 Å². The average molecular weight is 375 g/mol. The topological polar surface area (TPSA) is 55.8 Å². The molecule has 0 bridgehead atoms. The summed E-state index contributed by atoms with van der Waals surface area (Å²) in [4.78, 5) is 12.9. The molecule has 25 heavy (non-hydrogen) atoms. The Hall–Kier alpha value is -1.48. The SMILES string of the molecule is CCNC(=NCc1csc(N(C)C)n1)NC1CCN(CC(F)F)CC1. The van der Waals surface area contributed by atoms with Gasteiger partial charge in [0.15, 0.2) is 11.1 Å². The van der Waals surface area contributed by atoms with Crippen LogP contribution in [0.25, 0.3) is 0 Å². The zero-order chi connectivity index (χ0) is 18.2. The fraction of sp³-hybridized carbons (Fsp3) is 0.750. The molecule has 2 heterocycles. The van der Waals surface area contributed by atoms with Crippen LogP contribution < -0.4 is 15.5 Å². The first-order chi connectivity index (χ1) is 12.0. The number of aromatic nitrogens is 1. The molecule has 2 N–H and O–H groups in total. The molecule has 0 spiro atoms. The van der Waals surface area contributed by atoms with Crippen LogP contribution in [0.3, 0.4) is 0 Å². The summed E-state index contributed by atoms with van der Waals surface area (Å²) in [7, 11) is 3.94. The van der Waals surface area contributed by atoms with Crippen molar-refractivity contribution in [3.8, 4) is 0 Å². The molecule has 6 nitrogen and oxygen atoms in total. The Bertz CT molecular complexity index is 540. The number of aliphatic imine (C=N–C) groups is 1. The second kappa shape index (κ2) is 9.86. The highest BCUT2D eigenvalue weighted by Gasteiger charge is 2.21. The number of hydrogen-bond donors (Lipinski definition) is 2. The summed E-state index contributed by atoms with van der Waals surface area (Å²) < 4.78 is 24.9. The summed E-state index contributed by atoms with van der Waals surface area (Å²) >= 11 is 1.60. The second-order valence-electron chi connectivity index (χ2n) is 6.32. The molecule has 0 radical (unpaired) electrons. The van der Waals surface area contributed by atoms with Gasteiger partial charge in [0, 0.05) is 45.2 Å². The summed E-state index contributed by atoms with van der Waals surface area (Å²) in [5.74, 6) is 0.759. The number of guanidine groups is 1. The Balaban J connectivity index is 1.85. The van der Waals surface area contributed by atoms with Gasteiger partial charge in [-0.15, -0.1) is 11.3 Å². The van der Waals surface area contributed by atoms with Crippen molar-refractivity contribution in [3.05, 3.63) is 11.1 Å². The number of nitrogens with zero attached hydrogens (tertiary/aromatic N) is 4. The molecule has 0 aromatic carbocycles. The third-order valence-electron chi connectivity index (χ3n) is 3.99. The highest BCUT2D eigenvalue weighted by Crippen LogP contribution is 2.18. The van der Waals surface area contributed by atoms with Gasteiger partial charge >= 0.3 is 0 Å². The number of anilines is 1. The van der Waals surface area contributed by atoms with Crippen LogP contribution in [-0.2, 0) is 6.54 Å². The van der Waals surface area contributed by atoms with Crippen molar-refractivity contribution in [2.75, 3.05) is 45.2 Å². The summed E-state index contributed by atoms with van der Waals surface area (Å²) in [5.41, 5.74) is 0.942. The molecular formula is C16H28F2N6S. The van der Waals surface area contributed by atoms with E-state index in [1.54, 1.807) is 11.3 Å². The van der Waals surface area contributed by atoms with Crippen LogP contribution in [0.15, 0.2) is 10.4 Å². The van der Waals surface area contributed by atoms with E-state index in [9.17, 15) is 8.78 Å². The molecule has 0 amide bonds. The second-order valence-corrected chi connectivity index (χ2v) is 7.16. The predicted molar refractivity (Wildman–Crippen MR) is 99.9 cm³/mol. The maximum absolute atomic E-state index is 12.4. The fourth-order valence-corrected chi connectivity index (χ4v) is 3.45. The zero-order valence-electron chi connectivity index (χ0n) is 15.1. The normalized spacial score (nSPS) is 17.1. The monoisotopic (exact) mass is 374 g/mol. The van der Waals surface area contributed by atoms with Crippen LogP contribution in [0.5, 0.6) is 0 Å². The van der Waals surface area contributed by atoms with E-state index in [0.717, 1.165) is 36.2 Å². The van der Waals surface area contributed by atoms with Crippen molar-refractivity contribution in [2.24, 2.45) is 4.99 Å². The van der Waals surface area contributed by atoms with E-state index in [0.29, 0.717) is 19.6 Å². The standard InChI is InChI=1S/C16H28F2N6S/c1-4-19-15(20-9-13-11-25-16(22-13)23(2)3)21-12-5-7-24(8-6-12)10-14(17)18/h11-12,14H,4-10H2,1-3H3,(H2,19,20,21). The average Bonchev–Trinajstić information content (AvgIpc) is 3.03. The Morgan fingerprint density at radius 2 is 2.16 bits per heavy atom. The summed E-state index contributed by atoms with van der Waals surface area (Å²) in [5, 5.41) is 9.65. The van der Waals surface area contributed by atoms with Crippen LogP contribution in [0.1, 0.15) is 25.5 Å². The summed E-state index contributed by atoms with van der Waals surface area (Å²) in [6.45, 7) is 4.58. The molecule has 1 aromatic heterocycles. The van der Waals surface area contributed by atoms with Gasteiger partial charge in [-0.2, -0.15) is 0 Å². The molecule has 0 saturated carbocycles. The van der Waals surface area contributed by atoms with Crippen molar-refractivity contribution in [1.82, 2.24) is 20.5 Å². The number of rotatable bonds is 7. The molecule has 1 saturated heterocycles. The van der Waals surface area contributed by atoms with Gasteiger partial charge in [0.25, 0.3) is 6.43 Å². The number of thiazole rings is 1. The first kappa shape index (κ1) is 19.8. The number of halogens is 2. The van der Waals surface area contributed by atoms with Gasteiger partial charge in [-0.05, 0) is 19.8 Å². The third-order valence-corrected chi connectivity index (χ3v) is 5.05. The molecule has 2 rings (SSSR count). The number of alkyl halides is 2. The van der Waals surface area contributed by atoms with Crippen molar-refractivity contribution in [2.45, 2.75) is 38.8 Å². The van der Waals surface area contributed by atoms with E-state index in [1.807, 2.05) is 36.2 Å². The zero-order valence-corrected chi connectivity index (χ0v) is 16.0. The number of nitrogens with one attached hydrogen (secondary N) is 2. The van der Waals surface area contributed by atoms with E-state index < -0.39 is 6.43 Å². The first-order valence-corrected chi connectivity index (χ1v) is 9.53. The first-order valence-electron chi connectivity index (χ1n) is 8.65. The largest absolute Gasteiger partial charge is 0.357 e. The van der Waals surface area contributed by atoms with Crippen LogP contribution >= 0.6 is 11.3 Å². The Labute approximate surface area is 152 Å². The van der Waals surface area contributed by atoms with Crippen LogP contribution in [0, 0.1) is 0 Å². The van der Waals surface area contributed by atoms with Gasteiger partial charge in [-0.1, -0.05) is 0 Å². The van der Waals surface area contributed by atoms with Gasteiger partial charge in [0.05, 0.1) is 18.8 Å².